The molecule has 0 spiro atoms. The highest BCUT2D eigenvalue weighted by Gasteiger charge is 2.29. The summed E-state index contributed by atoms with van der Waals surface area (Å²) >= 11 is 0. The van der Waals surface area contributed by atoms with Crippen LogP contribution in [0.5, 0.6) is 0 Å². The molecule has 0 radical (unpaired) electrons. The third kappa shape index (κ3) is 3.82. The van der Waals surface area contributed by atoms with E-state index in [2.05, 4.69) is 45.6 Å². The molecule has 6 nitrogen and oxygen atoms in total. The fourth-order valence-corrected chi connectivity index (χ4v) is 3.56. The monoisotopic (exact) mass is 375 g/mol. The Morgan fingerprint density at radius 3 is 2.62 bits per heavy atom. The van der Waals surface area contributed by atoms with Crippen LogP contribution in [0.15, 0.2) is 42.6 Å². The van der Waals surface area contributed by atoms with E-state index in [0.717, 1.165) is 42.4 Å². The van der Waals surface area contributed by atoms with Gasteiger partial charge in [-0.25, -0.2) is 4.98 Å². The van der Waals surface area contributed by atoms with E-state index >= 15 is 0 Å². The summed E-state index contributed by atoms with van der Waals surface area (Å²) in [5.41, 5.74) is 4.56. The van der Waals surface area contributed by atoms with Crippen molar-refractivity contribution in [2.24, 2.45) is 0 Å². The molecule has 0 aliphatic carbocycles. The van der Waals surface area contributed by atoms with Gasteiger partial charge in [-0.3, -0.25) is 4.98 Å². The molecule has 26 heavy (non-hydrogen) atoms. The zero-order valence-corrected chi connectivity index (χ0v) is 15.9. The minimum Gasteiger partial charge on any atom is -0.412 e. The maximum absolute atomic E-state index is 4.90. The molecule has 3 aliphatic rings. The second-order valence-electron chi connectivity index (χ2n) is 6.69. The maximum atomic E-state index is 4.90. The molecule has 0 saturated carbocycles. The highest BCUT2D eigenvalue weighted by atomic mass is 35.5. The number of aromatic nitrogens is 3. The third-order valence-electron chi connectivity index (χ3n) is 4.83. The van der Waals surface area contributed by atoms with Crippen molar-refractivity contribution in [3.05, 3.63) is 53.9 Å². The smallest absolute Gasteiger partial charge is 0.202 e. The minimum absolute atomic E-state index is 0. The topological polar surface area (TPSA) is 88.3 Å². The lowest BCUT2D eigenvalue weighted by atomic mass is 9.85. The van der Waals surface area contributed by atoms with Gasteiger partial charge < -0.3 is 20.7 Å². The Labute approximate surface area is 160 Å². The number of hydrogen-bond donors (Lipinski definition) is 2. The van der Waals surface area contributed by atoms with E-state index in [1.54, 1.807) is 0 Å². The van der Waals surface area contributed by atoms with E-state index in [1.165, 1.54) is 5.56 Å². The molecule has 1 aromatic rings. The average molecular weight is 376 g/mol. The molecule has 1 aromatic carbocycles. The first-order valence-corrected chi connectivity index (χ1v) is 8.52. The van der Waals surface area contributed by atoms with Gasteiger partial charge in [-0.15, -0.1) is 12.4 Å². The van der Waals surface area contributed by atoms with E-state index < -0.39 is 0 Å². The molecule has 7 heteroatoms. The molecule has 3 aliphatic heterocycles. The van der Waals surface area contributed by atoms with Gasteiger partial charge in [0, 0.05) is 32.3 Å². The number of nitrogens with one attached hydrogen (secondary N) is 2. The van der Waals surface area contributed by atoms with Crippen molar-refractivity contribution < 1.29 is 5.48 Å². The van der Waals surface area contributed by atoms with Crippen molar-refractivity contribution >= 4 is 18.4 Å². The van der Waals surface area contributed by atoms with Crippen molar-refractivity contribution in [3.63, 3.8) is 0 Å². The maximum Gasteiger partial charge on any atom is 0.202 e. The lowest BCUT2D eigenvalue weighted by Gasteiger charge is -2.31. The van der Waals surface area contributed by atoms with Gasteiger partial charge in [0.05, 0.1) is 11.4 Å². The predicted molar refractivity (Wildman–Crippen MR) is 107 cm³/mol. The van der Waals surface area contributed by atoms with Crippen LogP contribution in [0.25, 0.3) is 11.4 Å². The summed E-state index contributed by atoms with van der Waals surface area (Å²) in [4.78, 5) is 14.8. The Morgan fingerprint density at radius 1 is 1.12 bits per heavy atom. The number of nitrogens with zero attached hydrogens (tertiary/aromatic N) is 3. The molecule has 140 valence electrons. The number of anilines is 1. The van der Waals surface area contributed by atoms with Gasteiger partial charge in [0.15, 0.2) is 0 Å². The largest absolute Gasteiger partial charge is 0.412 e. The van der Waals surface area contributed by atoms with Gasteiger partial charge >= 0.3 is 0 Å². The summed E-state index contributed by atoms with van der Waals surface area (Å²) in [6.45, 7) is 1.00. The standard InChI is InChI=1S/C19H23N5.ClH.H2O/c1-24(2)19-22-15-9-11-21-18(15)17(23-19)14-8-10-20-16(12-14)13-6-4-3-5-7-13;;/h3-7,9,11,14,16,20H,8,10,12H2,1-2H3,(H,22,23);1H;1H2. The van der Waals surface area contributed by atoms with Gasteiger partial charge in [0.1, 0.15) is 5.69 Å². The first-order valence-electron chi connectivity index (χ1n) is 8.52. The fourth-order valence-electron chi connectivity index (χ4n) is 3.56. The van der Waals surface area contributed by atoms with Gasteiger partial charge in [0.2, 0.25) is 5.95 Å². The summed E-state index contributed by atoms with van der Waals surface area (Å²) in [5.74, 6) is 1.31. The Kier molecular flexibility index (Phi) is 6.58. The van der Waals surface area contributed by atoms with E-state index in [9.17, 15) is 0 Å². The summed E-state index contributed by atoms with van der Waals surface area (Å²) in [6, 6.07) is 13.1. The number of rotatable bonds is 3. The number of halogens is 1. The summed E-state index contributed by atoms with van der Waals surface area (Å²) < 4.78 is 0. The predicted octanol–water partition coefficient (Wildman–Crippen LogP) is 2.78. The zero-order valence-electron chi connectivity index (χ0n) is 15.1. The molecule has 2 unspecified atom stereocenters. The molecule has 4 N–H and O–H groups in total. The van der Waals surface area contributed by atoms with Crippen LogP contribution in [0, 0.1) is 0 Å². The average Bonchev–Trinajstić information content (AvgIpc) is 3.10. The van der Waals surface area contributed by atoms with Gasteiger partial charge in [-0.05, 0) is 31.0 Å². The molecule has 3 heterocycles. The van der Waals surface area contributed by atoms with Crippen LogP contribution in [0.4, 0.5) is 5.95 Å². The number of benzene rings is 1. The molecule has 2 atom stereocenters. The second kappa shape index (κ2) is 8.49. The van der Waals surface area contributed by atoms with Crippen LogP contribution in [0.2, 0.25) is 0 Å². The van der Waals surface area contributed by atoms with E-state index in [4.69, 9.17) is 4.98 Å². The van der Waals surface area contributed by atoms with Gasteiger partial charge in [-0.2, -0.15) is 0 Å². The third-order valence-corrected chi connectivity index (χ3v) is 4.83. The normalized spacial score (nSPS) is 19.5. The quantitative estimate of drug-likeness (QED) is 0.736. The van der Waals surface area contributed by atoms with E-state index in [0.29, 0.717) is 12.0 Å². The Bertz CT molecular complexity index is 792. The Balaban J connectivity index is 0.00000121. The van der Waals surface area contributed by atoms with Crippen molar-refractivity contribution in [1.29, 1.82) is 0 Å². The Hall–Kier alpha value is -2.15. The van der Waals surface area contributed by atoms with Crippen molar-refractivity contribution in [1.82, 2.24) is 20.3 Å². The van der Waals surface area contributed by atoms with Crippen LogP contribution < -0.4 is 10.2 Å². The fraction of sp³-hybridized carbons (Fsp3) is 0.368. The Morgan fingerprint density at radius 2 is 1.88 bits per heavy atom. The molecule has 1 saturated heterocycles. The van der Waals surface area contributed by atoms with Crippen molar-refractivity contribution in [3.8, 4) is 11.4 Å². The summed E-state index contributed by atoms with van der Waals surface area (Å²) in [6.07, 6.45) is 4.01. The molecular weight excluding hydrogens is 350 g/mol. The molecule has 0 bridgehead atoms. The summed E-state index contributed by atoms with van der Waals surface area (Å²) in [7, 11) is 4.03. The van der Waals surface area contributed by atoms with Gasteiger partial charge in [-0.1, -0.05) is 30.3 Å². The SMILES string of the molecule is CN(C)c1nc(C2CCNC(c3ccccc3)C2)c2nccc-2[nH]1.Cl.O. The number of hydrogen-bond acceptors (Lipinski definition) is 4. The molecular formula is C19H26ClN5O. The lowest BCUT2D eigenvalue weighted by molar-refractivity contribution is 0.365. The highest BCUT2D eigenvalue weighted by Crippen LogP contribution is 2.38. The molecule has 4 rings (SSSR count). The van der Waals surface area contributed by atoms with Crippen molar-refractivity contribution in [2.75, 3.05) is 25.5 Å². The highest BCUT2D eigenvalue weighted by molar-refractivity contribution is 5.85. The lowest BCUT2D eigenvalue weighted by Crippen LogP contribution is -2.31. The number of H-pyrrole nitrogens is 1. The van der Waals surface area contributed by atoms with Gasteiger partial charge in [0.25, 0.3) is 0 Å². The summed E-state index contributed by atoms with van der Waals surface area (Å²) in [5, 5.41) is 3.65. The van der Waals surface area contributed by atoms with E-state index in [1.807, 2.05) is 31.3 Å². The first-order chi connectivity index (χ1) is 11.7. The first kappa shape index (κ1) is 20.2. The van der Waals surface area contributed by atoms with Crippen LogP contribution in [0.3, 0.4) is 0 Å². The number of fused-ring (bicyclic) bond motifs is 1. The molecule has 1 fully saturated rings. The zero-order chi connectivity index (χ0) is 16.5. The van der Waals surface area contributed by atoms with Crippen LogP contribution in [0.1, 0.15) is 36.1 Å². The molecule has 0 amide bonds. The van der Waals surface area contributed by atoms with Crippen molar-refractivity contribution in [2.45, 2.75) is 24.8 Å². The van der Waals surface area contributed by atoms with Crippen LogP contribution in [-0.2, 0) is 0 Å². The minimum atomic E-state index is 0. The molecule has 0 aromatic heterocycles. The number of piperidine rings is 1. The van der Waals surface area contributed by atoms with E-state index in [-0.39, 0.29) is 17.9 Å². The second-order valence-corrected chi connectivity index (χ2v) is 6.69. The van der Waals surface area contributed by atoms with Crippen LogP contribution in [-0.4, -0.2) is 41.1 Å². The van der Waals surface area contributed by atoms with Crippen LogP contribution >= 0.6 is 12.4 Å². The number of aromatic amines is 1.